The predicted octanol–water partition coefficient (Wildman–Crippen LogP) is 4.75. The Labute approximate surface area is 152 Å². The van der Waals surface area contributed by atoms with Gasteiger partial charge < -0.3 is 0 Å². The van der Waals surface area contributed by atoms with E-state index < -0.39 is 7.26 Å². The Balaban J connectivity index is 3.80. The van der Waals surface area contributed by atoms with Gasteiger partial charge in [-0.25, -0.2) is 0 Å². The van der Waals surface area contributed by atoms with Crippen LogP contribution in [0.25, 0.3) is 0 Å². The van der Waals surface area contributed by atoms with Gasteiger partial charge in [0.05, 0.1) is 0 Å². The molecule has 0 N–H and O–H groups in total. The van der Waals surface area contributed by atoms with E-state index in [1.165, 1.54) is 5.30 Å². The van der Waals surface area contributed by atoms with E-state index in [9.17, 15) is 0 Å². The summed E-state index contributed by atoms with van der Waals surface area (Å²) in [7, 11) is 1.16. The second kappa shape index (κ2) is 6.98. The molecule has 1 rings (SSSR count). The van der Waals surface area contributed by atoms with Crippen LogP contribution in [0.3, 0.4) is 0 Å². The van der Waals surface area contributed by atoms with Gasteiger partial charge in [0.1, 0.15) is 0 Å². The molecule has 5 heteroatoms. The zero-order valence-electron chi connectivity index (χ0n) is 14.8. The van der Waals surface area contributed by atoms with Crippen molar-refractivity contribution in [2.75, 3.05) is 14.2 Å². The van der Waals surface area contributed by atoms with E-state index in [0.717, 1.165) is 11.5 Å². The van der Waals surface area contributed by atoms with Crippen molar-refractivity contribution in [2.45, 2.75) is 55.4 Å². The molecule has 0 spiro atoms. The summed E-state index contributed by atoms with van der Waals surface area (Å²) in [6, 6.07) is 6.18. The summed E-state index contributed by atoms with van der Waals surface area (Å²) in [6.45, 7) is 13.7. The summed E-state index contributed by atoms with van der Waals surface area (Å²) in [5.74, 6) is 1.63. The molecule has 0 saturated heterocycles. The summed E-state index contributed by atoms with van der Waals surface area (Å²) in [5.41, 5.74) is 0. The molecule has 0 amide bonds. The molecule has 1 aromatic rings. The van der Waals surface area contributed by atoms with Crippen molar-refractivity contribution in [1.29, 1.82) is 0 Å². The third-order valence-corrected chi connectivity index (χ3v) is 14.0. The minimum absolute atomic E-state index is 0.0627. The maximum absolute atomic E-state index is 6.81. The van der Waals surface area contributed by atoms with Crippen LogP contribution in [0.15, 0.2) is 18.2 Å². The molecule has 0 heterocycles. The Morgan fingerprint density at radius 2 is 1.27 bits per heavy atom. The number of ether oxygens (including phenoxy) is 2. The topological polar surface area (TPSA) is 18.5 Å². The van der Waals surface area contributed by atoms with Gasteiger partial charge in [0.15, 0.2) is 0 Å². The van der Waals surface area contributed by atoms with E-state index in [4.69, 9.17) is 21.1 Å². The zero-order chi connectivity index (χ0) is 17.3. The zero-order valence-corrected chi connectivity index (χ0v) is 18.1. The first kappa shape index (κ1) is 20.2. The molecule has 0 aliphatic heterocycles. The van der Waals surface area contributed by atoms with Gasteiger partial charge in [0.2, 0.25) is 0 Å². The van der Waals surface area contributed by atoms with Gasteiger partial charge in [0.25, 0.3) is 0 Å². The molecular formula is C17H29ClO2PPd. The molecule has 0 aliphatic carbocycles. The normalized spacial score (nSPS) is 15.4. The molecule has 0 aliphatic rings. The Kier molecular flexibility index (Phi) is 6.43. The van der Waals surface area contributed by atoms with Gasteiger partial charge in [-0.05, 0) is 0 Å². The van der Waals surface area contributed by atoms with Gasteiger partial charge >= 0.3 is 152 Å². The van der Waals surface area contributed by atoms with Crippen molar-refractivity contribution < 1.29 is 28.7 Å². The molecule has 0 bridgehead atoms. The molecule has 0 radical (unpaired) electrons. The van der Waals surface area contributed by atoms with Crippen molar-refractivity contribution in [3.63, 3.8) is 0 Å². The van der Waals surface area contributed by atoms with E-state index in [1.54, 1.807) is 14.2 Å². The first-order valence-corrected chi connectivity index (χ1v) is 10.8. The quantitative estimate of drug-likeness (QED) is 0.384. The Morgan fingerprint density at radius 3 is 1.50 bits per heavy atom. The van der Waals surface area contributed by atoms with Crippen molar-refractivity contribution >= 4 is 24.2 Å². The molecule has 1 aromatic carbocycles. The van der Waals surface area contributed by atoms with Crippen LogP contribution in [0, 0.1) is 0 Å². The number of benzene rings is 1. The number of halogens is 1. The van der Waals surface area contributed by atoms with Gasteiger partial charge in [0, 0.05) is 0 Å². The first-order valence-electron chi connectivity index (χ1n) is 7.40. The van der Waals surface area contributed by atoms with Crippen LogP contribution >= 0.6 is 18.9 Å². The molecule has 131 valence electrons. The monoisotopic (exact) mass is 437 g/mol. The van der Waals surface area contributed by atoms with Crippen molar-refractivity contribution in [2.24, 2.45) is 0 Å². The van der Waals surface area contributed by atoms with Crippen molar-refractivity contribution in [1.82, 2.24) is 0 Å². The molecule has 1 atom stereocenters. The summed E-state index contributed by atoms with van der Waals surface area (Å²) in [4.78, 5) is 0. The molecule has 2 nitrogen and oxygen atoms in total. The van der Waals surface area contributed by atoms with E-state index in [-0.39, 0.29) is 13.9 Å². The van der Waals surface area contributed by atoms with Crippen LogP contribution in [0.2, 0.25) is 0 Å². The number of rotatable bonds is 4. The third-order valence-electron chi connectivity index (χ3n) is 4.47. The van der Waals surface area contributed by atoms with Gasteiger partial charge in [-0.15, -0.1) is 0 Å². The van der Waals surface area contributed by atoms with Gasteiger partial charge in [-0.3, -0.25) is 0 Å². The minimum atomic E-state index is -2.21. The summed E-state index contributed by atoms with van der Waals surface area (Å²) < 4.78 is 10.9. The predicted molar refractivity (Wildman–Crippen MR) is 96.6 cm³/mol. The Hall–Kier alpha value is 0.202. The van der Waals surface area contributed by atoms with Crippen LogP contribution in [-0.4, -0.2) is 28.1 Å². The molecule has 22 heavy (non-hydrogen) atoms. The first-order chi connectivity index (χ1) is 9.91. The fourth-order valence-electron chi connectivity index (χ4n) is 3.74. The maximum atomic E-state index is 6.81. The number of methoxy groups -OCH3 is 2. The second-order valence-electron chi connectivity index (χ2n) is 7.68. The summed E-state index contributed by atoms with van der Waals surface area (Å²) in [6.07, 6.45) is 0. The van der Waals surface area contributed by atoms with Crippen LogP contribution in [0.1, 0.15) is 41.5 Å². The molecule has 0 saturated carbocycles. The molecule has 0 fully saturated rings. The molecule has 1 unspecified atom stereocenters. The average Bonchev–Trinajstić information content (AvgIpc) is 2.34. The molecule has 0 aromatic heterocycles. The van der Waals surface area contributed by atoms with Gasteiger partial charge in [-0.2, -0.15) is 0 Å². The van der Waals surface area contributed by atoms with Crippen LogP contribution in [0.4, 0.5) is 0 Å². The second-order valence-corrected chi connectivity index (χ2v) is 16.4. The summed E-state index contributed by atoms with van der Waals surface area (Å²) in [5, 5.41) is 1.39. The third kappa shape index (κ3) is 3.49. The average molecular weight is 438 g/mol. The number of hydrogen-bond acceptors (Lipinski definition) is 2. The van der Waals surface area contributed by atoms with Crippen LogP contribution < -0.4 is 14.8 Å². The SMILES string of the molecule is COc1cc(OC)cc([PH]([CH](Cl)[Pd])(C(C)(C)C)C(C)(C)C)c1. The van der Waals surface area contributed by atoms with Crippen molar-refractivity contribution in [3.05, 3.63) is 18.2 Å². The standard InChI is InChI=1S/C17H29ClO2P.Pd/c1-16(2,3)21(12-18,17(4,5)6)15-10-13(19-7)9-14(11-15)20-8;/h9-12,21H,1-8H3;. The number of alkyl halides is 1. The number of hydrogen-bond donors (Lipinski definition) is 0. The van der Waals surface area contributed by atoms with Crippen LogP contribution in [0.5, 0.6) is 11.5 Å². The summed E-state index contributed by atoms with van der Waals surface area (Å²) >= 11 is 10.2. The van der Waals surface area contributed by atoms with E-state index in [2.05, 4.69) is 72.9 Å². The fourth-order valence-corrected chi connectivity index (χ4v) is 17.1. The van der Waals surface area contributed by atoms with Crippen molar-refractivity contribution in [3.8, 4) is 11.5 Å². The Morgan fingerprint density at radius 1 is 0.909 bits per heavy atom. The van der Waals surface area contributed by atoms with E-state index >= 15 is 0 Å². The fraction of sp³-hybridized carbons (Fsp3) is 0.647. The van der Waals surface area contributed by atoms with E-state index in [1.807, 2.05) is 6.07 Å². The van der Waals surface area contributed by atoms with E-state index in [0.29, 0.717) is 0 Å². The van der Waals surface area contributed by atoms with Crippen LogP contribution in [-0.2, 0) is 19.2 Å². The van der Waals surface area contributed by atoms with Gasteiger partial charge in [-0.1, -0.05) is 0 Å². The molecular weight excluding hydrogens is 409 g/mol. The Bertz CT molecular complexity index is 482.